The zero-order valence-corrected chi connectivity index (χ0v) is 18.5. The Morgan fingerprint density at radius 2 is 1.32 bits per heavy atom. The van der Waals surface area contributed by atoms with Gasteiger partial charge in [-0.05, 0) is 18.6 Å². The Kier molecular flexibility index (Phi) is 6.12. The van der Waals surface area contributed by atoms with Crippen molar-refractivity contribution in [2.45, 2.75) is 19.8 Å². The van der Waals surface area contributed by atoms with Gasteiger partial charge >= 0.3 is 0 Å². The minimum Gasteiger partial charge on any atom is -0.493 e. The van der Waals surface area contributed by atoms with Gasteiger partial charge in [-0.25, -0.2) is 4.98 Å². The van der Waals surface area contributed by atoms with Gasteiger partial charge in [0.05, 0.1) is 38.1 Å². The van der Waals surface area contributed by atoms with Crippen molar-refractivity contribution < 1.29 is 14.2 Å². The van der Waals surface area contributed by atoms with Gasteiger partial charge in [0.2, 0.25) is 5.75 Å². The van der Waals surface area contributed by atoms with Crippen LogP contribution in [0.4, 0.5) is 11.4 Å². The molecule has 0 aliphatic rings. The molecular weight excluding hydrogens is 388 g/mol. The molecule has 1 heterocycles. The van der Waals surface area contributed by atoms with Crippen LogP contribution in [0.3, 0.4) is 0 Å². The van der Waals surface area contributed by atoms with Gasteiger partial charge < -0.3 is 19.1 Å². The molecule has 31 heavy (non-hydrogen) atoms. The summed E-state index contributed by atoms with van der Waals surface area (Å²) in [5.41, 5.74) is 4.09. The molecule has 0 spiro atoms. The van der Waals surface area contributed by atoms with E-state index in [9.17, 15) is 0 Å². The molecule has 0 fully saturated rings. The van der Waals surface area contributed by atoms with Crippen LogP contribution in [-0.2, 0) is 0 Å². The molecule has 0 unspecified atom stereocenters. The first-order chi connectivity index (χ1) is 15.2. The number of benzene rings is 3. The maximum Gasteiger partial charge on any atom is 0.203 e. The van der Waals surface area contributed by atoms with Crippen molar-refractivity contribution in [1.29, 1.82) is 0 Å². The van der Waals surface area contributed by atoms with Crippen LogP contribution in [0.25, 0.3) is 21.8 Å². The second kappa shape index (κ2) is 9.13. The van der Waals surface area contributed by atoms with Gasteiger partial charge in [0.15, 0.2) is 11.5 Å². The number of rotatable bonds is 8. The van der Waals surface area contributed by atoms with Crippen molar-refractivity contribution in [3.05, 3.63) is 60.7 Å². The third-order valence-electron chi connectivity index (χ3n) is 5.53. The van der Waals surface area contributed by atoms with Crippen LogP contribution in [-0.4, -0.2) is 32.9 Å². The Morgan fingerprint density at radius 3 is 1.81 bits per heavy atom. The molecule has 0 amide bonds. The van der Waals surface area contributed by atoms with Crippen molar-refractivity contribution in [2.75, 3.05) is 32.8 Å². The van der Waals surface area contributed by atoms with Crippen LogP contribution in [0.1, 0.15) is 19.8 Å². The van der Waals surface area contributed by atoms with Crippen LogP contribution in [0, 0.1) is 0 Å². The van der Waals surface area contributed by atoms with E-state index >= 15 is 0 Å². The highest BCUT2D eigenvalue weighted by Crippen LogP contribution is 2.45. The van der Waals surface area contributed by atoms with Crippen LogP contribution >= 0.6 is 0 Å². The molecule has 0 saturated heterocycles. The number of aromatic nitrogens is 1. The van der Waals surface area contributed by atoms with Crippen molar-refractivity contribution in [2.24, 2.45) is 0 Å². The van der Waals surface area contributed by atoms with E-state index in [1.807, 2.05) is 24.3 Å². The van der Waals surface area contributed by atoms with E-state index in [1.54, 1.807) is 21.3 Å². The number of hydrogen-bond acceptors (Lipinski definition) is 5. The number of pyridine rings is 1. The fraction of sp³-hybridized carbons (Fsp3) is 0.269. The van der Waals surface area contributed by atoms with Gasteiger partial charge in [-0.15, -0.1) is 0 Å². The summed E-state index contributed by atoms with van der Waals surface area (Å²) in [7, 11) is 4.92. The van der Waals surface area contributed by atoms with Gasteiger partial charge in [-0.3, -0.25) is 0 Å². The lowest BCUT2D eigenvalue weighted by molar-refractivity contribution is 0.324. The predicted molar refractivity (Wildman–Crippen MR) is 127 cm³/mol. The number of ether oxygens (including phenoxy) is 3. The van der Waals surface area contributed by atoms with Crippen molar-refractivity contribution >= 4 is 33.2 Å². The number of nitrogens with zero attached hydrogens (tertiary/aromatic N) is 2. The molecule has 5 heteroatoms. The molecule has 0 N–H and O–H groups in total. The topological polar surface area (TPSA) is 43.8 Å². The van der Waals surface area contributed by atoms with E-state index < -0.39 is 0 Å². The summed E-state index contributed by atoms with van der Waals surface area (Å²) in [6, 6.07) is 20.6. The van der Waals surface area contributed by atoms with E-state index in [0.717, 1.165) is 52.6 Å². The maximum atomic E-state index is 5.64. The second-order valence-electron chi connectivity index (χ2n) is 7.38. The Hall–Kier alpha value is -3.47. The van der Waals surface area contributed by atoms with Crippen LogP contribution < -0.4 is 19.1 Å². The summed E-state index contributed by atoms with van der Waals surface area (Å²) in [5.74, 6) is 1.87. The van der Waals surface area contributed by atoms with Crippen LogP contribution in [0.5, 0.6) is 17.2 Å². The molecule has 4 aromatic rings. The maximum absolute atomic E-state index is 5.64. The number of hydrogen-bond donors (Lipinski definition) is 0. The third kappa shape index (κ3) is 3.83. The van der Waals surface area contributed by atoms with Crippen LogP contribution in [0.15, 0.2) is 60.7 Å². The lowest BCUT2D eigenvalue weighted by atomic mass is 10.0. The molecule has 0 atom stereocenters. The minimum absolute atomic E-state index is 0.591. The van der Waals surface area contributed by atoms with Gasteiger partial charge in [-0.2, -0.15) is 0 Å². The highest BCUT2D eigenvalue weighted by molar-refractivity contribution is 6.09. The quantitative estimate of drug-likeness (QED) is 0.313. The van der Waals surface area contributed by atoms with E-state index in [1.165, 1.54) is 0 Å². The van der Waals surface area contributed by atoms with Crippen molar-refractivity contribution in [1.82, 2.24) is 4.98 Å². The first-order valence-corrected chi connectivity index (χ1v) is 10.6. The minimum atomic E-state index is 0.591. The molecule has 0 aliphatic carbocycles. The number of para-hydroxylation sites is 2. The first-order valence-electron chi connectivity index (χ1n) is 10.6. The van der Waals surface area contributed by atoms with Gasteiger partial charge in [0.1, 0.15) is 0 Å². The third-order valence-corrected chi connectivity index (χ3v) is 5.53. The average Bonchev–Trinajstić information content (AvgIpc) is 2.82. The average molecular weight is 417 g/mol. The summed E-state index contributed by atoms with van der Waals surface area (Å²) < 4.78 is 16.8. The molecular formula is C26H28N2O3. The summed E-state index contributed by atoms with van der Waals surface area (Å²) >= 11 is 0. The van der Waals surface area contributed by atoms with E-state index in [4.69, 9.17) is 19.2 Å². The normalized spacial score (nSPS) is 11.0. The van der Waals surface area contributed by atoms with Gasteiger partial charge in [0, 0.05) is 35.1 Å². The van der Waals surface area contributed by atoms with Crippen molar-refractivity contribution in [3.63, 3.8) is 0 Å². The molecule has 0 saturated carbocycles. The summed E-state index contributed by atoms with van der Waals surface area (Å²) in [6.45, 7) is 3.06. The standard InChI is InChI=1S/C26H28N2O3/c1-5-6-15-28(18-16-23(29-2)26(31-4)24(17-18)30-3)25-19-11-7-9-13-21(19)27-22-14-10-8-12-20(22)25/h7-14,16-17H,5-6,15H2,1-4H3. The Morgan fingerprint density at radius 1 is 0.774 bits per heavy atom. The summed E-state index contributed by atoms with van der Waals surface area (Å²) in [5, 5.41) is 2.23. The highest BCUT2D eigenvalue weighted by Gasteiger charge is 2.21. The van der Waals surface area contributed by atoms with Crippen LogP contribution in [0.2, 0.25) is 0 Å². The Labute approximate surface area is 183 Å². The molecule has 1 aromatic heterocycles. The monoisotopic (exact) mass is 416 g/mol. The Balaban J connectivity index is 2.03. The molecule has 5 nitrogen and oxygen atoms in total. The van der Waals surface area contributed by atoms with Gasteiger partial charge in [0.25, 0.3) is 0 Å². The SMILES string of the molecule is CCCCN(c1cc(OC)c(OC)c(OC)c1)c1c2ccccc2nc2ccccc12. The largest absolute Gasteiger partial charge is 0.493 e. The summed E-state index contributed by atoms with van der Waals surface area (Å²) in [4.78, 5) is 7.24. The second-order valence-corrected chi connectivity index (χ2v) is 7.38. The Bertz CT molecular complexity index is 1130. The number of unbranched alkanes of at least 4 members (excludes halogenated alkanes) is 1. The zero-order chi connectivity index (χ0) is 21.8. The highest BCUT2D eigenvalue weighted by atomic mass is 16.5. The first kappa shape index (κ1) is 20.8. The number of fused-ring (bicyclic) bond motifs is 2. The molecule has 3 aromatic carbocycles. The van der Waals surface area contributed by atoms with E-state index in [2.05, 4.69) is 48.2 Å². The molecule has 0 aliphatic heterocycles. The fourth-order valence-electron chi connectivity index (χ4n) is 4.02. The molecule has 0 bridgehead atoms. The molecule has 0 radical (unpaired) electrons. The number of methoxy groups -OCH3 is 3. The lowest BCUT2D eigenvalue weighted by Crippen LogP contribution is -2.19. The zero-order valence-electron chi connectivity index (χ0n) is 18.5. The molecule has 4 rings (SSSR count). The van der Waals surface area contributed by atoms with E-state index in [-0.39, 0.29) is 0 Å². The fourth-order valence-corrected chi connectivity index (χ4v) is 4.02. The predicted octanol–water partition coefficient (Wildman–Crippen LogP) is 6.35. The lowest BCUT2D eigenvalue weighted by Gasteiger charge is -2.29. The van der Waals surface area contributed by atoms with Crippen molar-refractivity contribution in [3.8, 4) is 17.2 Å². The smallest absolute Gasteiger partial charge is 0.203 e. The van der Waals surface area contributed by atoms with Gasteiger partial charge in [-0.1, -0.05) is 49.7 Å². The number of anilines is 2. The van der Waals surface area contributed by atoms with E-state index in [0.29, 0.717) is 17.2 Å². The molecule has 160 valence electrons. The summed E-state index contributed by atoms with van der Waals surface area (Å²) in [6.07, 6.45) is 2.13.